The Morgan fingerprint density at radius 1 is 0.865 bits per heavy atom. The molecule has 2 unspecified atom stereocenters. The Balaban J connectivity index is 1.65. The van der Waals surface area contributed by atoms with Crippen LogP contribution in [0.25, 0.3) is 0 Å². The van der Waals surface area contributed by atoms with Crippen LogP contribution in [-0.2, 0) is 9.59 Å². The number of aryl methyl sites for hydroxylation is 2. The van der Waals surface area contributed by atoms with Crippen LogP contribution in [0.4, 0.5) is 11.4 Å². The smallest absolute Gasteiger partial charge is 0.227 e. The second-order valence-corrected chi connectivity index (χ2v) is 10.5. The second-order valence-electron chi connectivity index (χ2n) is 10.5. The summed E-state index contributed by atoms with van der Waals surface area (Å²) in [5, 5.41) is 3.63. The average molecular weight is 493 g/mol. The first-order valence-electron chi connectivity index (χ1n) is 13.5. The molecule has 1 N–H and O–H groups in total. The highest BCUT2D eigenvalue weighted by atomic mass is 16.2. The Kier molecular flexibility index (Phi) is 7.27. The molecule has 0 bridgehead atoms. The van der Waals surface area contributed by atoms with E-state index in [1.54, 1.807) is 0 Å². The van der Waals surface area contributed by atoms with E-state index in [4.69, 9.17) is 0 Å². The third-order valence-corrected chi connectivity index (χ3v) is 7.69. The molecule has 37 heavy (non-hydrogen) atoms. The lowest BCUT2D eigenvalue weighted by Gasteiger charge is -2.35. The van der Waals surface area contributed by atoms with Gasteiger partial charge in [0, 0.05) is 24.1 Å². The van der Waals surface area contributed by atoms with Gasteiger partial charge in [-0.1, -0.05) is 91.6 Å². The van der Waals surface area contributed by atoms with Crippen molar-refractivity contribution in [2.45, 2.75) is 71.3 Å². The molecule has 0 saturated heterocycles. The van der Waals surface area contributed by atoms with Gasteiger partial charge in [0.1, 0.15) is 0 Å². The maximum absolute atomic E-state index is 14.0. The number of fused-ring (bicyclic) bond motifs is 1. The molecule has 0 radical (unpaired) electrons. The zero-order chi connectivity index (χ0) is 25.9. The van der Waals surface area contributed by atoms with E-state index in [2.05, 4.69) is 74.6 Å². The summed E-state index contributed by atoms with van der Waals surface area (Å²) in [6.45, 7) is 6.29. The number of anilines is 2. The zero-order valence-electron chi connectivity index (χ0n) is 22.1. The fraction of sp³-hybridized carbons (Fsp3) is 0.333. The van der Waals surface area contributed by atoms with Crippen molar-refractivity contribution in [3.8, 4) is 0 Å². The number of hydrogen-bond donors (Lipinski definition) is 1. The lowest BCUT2D eigenvalue weighted by atomic mass is 9.78. The summed E-state index contributed by atoms with van der Waals surface area (Å²) in [7, 11) is 0. The molecule has 0 saturated carbocycles. The van der Waals surface area contributed by atoms with Gasteiger partial charge in [-0.15, -0.1) is 0 Å². The number of ketones is 1. The van der Waals surface area contributed by atoms with Crippen molar-refractivity contribution in [2.75, 3.05) is 10.2 Å². The van der Waals surface area contributed by atoms with E-state index in [1.807, 2.05) is 29.2 Å². The Morgan fingerprint density at radius 2 is 1.51 bits per heavy atom. The molecule has 0 fully saturated rings. The third-order valence-electron chi connectivity index (χ3n) is 7.69. The normalized spacial score (nSPS) is 19.1. The monoisotopic (exact) mass is 492 g/mol. The quantitative estimate of drug-likeness (QED) is 0.357. The van der Waals surface area contributed by atoms with Crippen LogP contribution in [0.3, 0.4) is 0 Å². The number of carbonyl (C=O) groups is 2. The number of allylic oxidation sites excluding steroid dienone is 1. The number of para-hydroxylation sites is 2. The van der Waals surface area contributed by atoms with E-state index >= 15 is 0 Å². The summed E-state index contributed by atoms with van der Waals surface area (Å²) in [5.41, 5.74) is 7.90. The van der Waals surface area contributed by atoms with Crippen molar-refractivity contribution in [3.63, 3.8) is 0 Å². The molecule has 2 atom stereocenters. The Labute approximate surface area is 220 Å². The van der Waals surface area contributed by atoms with E-state index in [-0.39, 0.29) is 17.6 Å². The number of carbonyl (C=O) groups excluding carboxylic acids is 2. The van der Waals surface area contributed by atoms with E-state index in [0.717, 1.165) is 59.5 Å². The lowest BCUT2D eigenvalue weighted by molar-refractivity contribution is -0.119. The van der Waals surface area contributed by atoms with E-state index in [0.29, 0.717) is 12.8 Å². The van der Waals surface area contributed by atoms with Crippen molar-refractivity contribution >= 4 is 23.1 Å². The zero-order valence-corrected chi connectivity index (χ0v) is 22.1. The number of Topliss-reactive ketones (excluding diaryl/α,β-unsaturated/α-hetero) is 1. The molecule has 2 aliphatic rings. The van der Waals surface area contributed by atoms with Crippen molar-refractivity contribution in [1.29, 1.82) is 0 Å². The van der Waals surface area contributed by atoms with E-state index in [1.165, 1.54) is 11.1 Å². The third kappa shape index (κ3) is 5.11. The summed E-state index contributed by atoms with van der Waals surface area (Å²) in [5.74, 6) is 0.288. The number of rotatable bonds is 6. The molecule has 1 heterocycles. The van der Waals surface area contributed by atoms with Gasteiger partial charge in [-0.2, -0.15) is 0 Å². The number of amides is 1. The molecule has 4 nitrogen and oxygen atoms in total. The summed E-state index contributed by atoms with van der Waals surface area (Å²) in [6.07, 6.45) is 4.56. The minimum atomic E-state index is -0.452. The minimum absolute atomic E-state index is 0.0653. The van der Waals surface area contributed by atoms with Crippen molar-refractivity contribution < 1.29 is 9.59 Å². The molecule has 1 amide bonds. The summed E-state index contributed by atoms with van der Waals surface area (Å²) < 4.78 is 0. The van der Waals surface area contributed by atoms with Gasteiger partial charge in [0.05, 0.1) is 17.4 Å². The van der Waals surface area contributed by atoms with Gasteiger partial charge in [0.25, 0.3) is 0 Å². The fourth-order valence-corrected chi connectivity index (χ4v) is 5.65. The predicted octanol–water partition coefficient (Wildman–Crippen LogP) is 7.78. The van der Waals surface area contributed by atoms with Gasteiger partial charge >= 0.3 is 0 Å². The van der Waals surface area contributed by atoms with Crippen LogP contribution in [-0.4, -0.2) is 11.7 Å². The first-order chi connectivity index (χ1) is 18.0. The predicted molar refractivity (Wildman–Crippen MR) is 151 cm³/mol. The minimum Gasteiger partial charge on any atom is -0.357 e. The fourth-order valence-electron chi connectivity index (χ4n) is 5.65. The van der Waals surface area contributed by atoms with Crippen molar-refractivity contribution in [2.24, 2.45) is 0 Å². The summed E-state index contributed by atoms with van der Waals surface area (Å²) >= 11 is 0. The average Bonchev–Trinajstić information content (AvgIpc) is 3.04. The first-order valence-corrected chi connectivity index (χ1v) is 13.5. The van der Waals surface area contributed by atoms with Crippen LogP contribution < -0.4 is 10.2 Å². The largest absolute Gasteiger partial charge is 0.357 e. The molecular weight excluding hydrogens is 456 g/mol. The molecular formula is C33H36N2O2. The number of nitrogens with zero attached hydrogens (tertiary/aromatic N) is 1. The summed E-state index contributed by atoms with van der Waals surface area (Å²) in [6, 6.07) is 24.3. The van der Waals surface area contributed by atoms with Crippen molar-refractivity contribution in [3.05, 3.63) is 106 Å². The SMILES string of the molecule is CCCCCC(=O)N1c2ccccc2NC2=C(C(=O)CC(c3ccc(C)cc3)C2)C1c1ccc(C)cc1. The van der Waals surface area contributed by atoms with Crippen LogP contribution in [0.15, 0.2) is 84.1 Å². The molecule has 3 aromatic carbocycles. The van der Waals surface area contributed by atoms with Gasteiger partial charge in [0.15, 0.2) is 5.78 Å². The highest BCUT2D eigenvalue weighted by molar-refractivity contribution is 6.06. The Hall–Kier alpha value is -3.66. The topological polar surface area (TPSA) is 49.4 Å². The highest BCUT2D eigenvalue weighted by Crippen LogP contribution is 2.47. The van der Waals surface area contributed by atoms with Gasteiger partial charge in [-0.3, -0.25) is 14.5 Å². The van der Waals surface area contributed by atoms with Crippen LogP contribution in [0.2, 0.25) is 0 Å². The Bertz CT molecular complexity index is 1320. The second kappa shape index (κ2) is 10.8. The number of hydrogen-bond acceptors (Lipinski definition) is 3. The molecule has 5 rings (SSSR count). The van der Waals surface area contributed by atoms with Crippen LogP contribution in [0.1, 0.15) is 79.7 Å². The van der Waals surface area contributed by atoms with Gasteiger partial charge in [-0.05, 0) is 55.9 Å². The maximum Gasteiger partial charge on any atom is 0.227 e. The molecule has 0 aromatic heterocycles. The molecule has 1 aliphatic heterocycles. The molecule has 4 heteroatoms. The van der Waals surface area contributed by atoms with Gasteiger partial charge in [0.2, 0.25) is 5.91 Å². The number of unbranched alkanes of at least 4 members (excludes halogenated alkanes) is 2. The first kappa shape index (κ1) is 25.0. The standard InChI is InChI=1S/C33H36N2O2/c1-4-5-6-11-31(37)35-29-10-8-7-9-27(29)34-28-20-26(24-16-12-22(2)13-17-24)21-30(36)32(28)33(35)25-18-14-23(3)15-19-25/h7-10,12-19,26,33-34H,4-6,11,20-21H2,1-3H3. The molecule has 3 aromatic rings. The van der Waals surface area contributed by atoms with Crippen LogP contribution >= 0.6 is 0 Å². The van der Waals surface area contributed by atoms with Crippen molar-refractivity contribution in [1.82, 2.24) is 0 Å². The van der Waals surface area contributed by atoms with E-state index < -0.39 is 6.04 Å². The van der Waals surface area contributed by atoms with E-state index in [9.17, 15) is 9.59 Å². The van der Waals surface area contributed by atoms with Crippen LogP contribution in [0, 0.1) is 13.8 Å². The van der Waals surface area contributed by atoms with Gasteiger partial charge in [-0.25, -0.2) is 0 Å². The highest BCUT2D eigenvalue weighted by Gasteiger charge is 2.41. The summed E-state index contributed by atoms with van der Waals surface area (Å²) in [4.78, 5) is 29.8. The number of nitrogens with one attached hydrogen (secondary N) is 1. The van der Waals surface area contributed by atoms with Gasteiger partial charge < -0.3 is 5.32 Å². The van der Waals surface area contributed by atoms with Crippen LogP contribution in [0.5, 0.6) is 0 Å². The molecule has 0 spiro atoms. The maximum atomic E-state index is 14.0. The number of benzene rings is 3. The lowest BCUT2D eigenvalue weighted by Crippen LogP contribution is -2.38. The molecule has 1 aliphatic carbocycles. The molecule has 190 valence electrons. The Morgan fingerprint density at radius 3 is 2.19 bits per heavy atom.